The van der Waals surface area contributed by atoms with Crippen LogP contribution in [0.15, 0.2) is 59.7 Å². The quantitative estimate of drug-likeness (QED) is 0.325. The molecule has 4 rings (SSSR count). The molecule has 2 heterocycles. The zero-order chi connectivity index (χ0) is 26.0. The summed E-state index contributed by atoms with van der Waals surface area (Å²) in [7, 11) is 0. The molecule has 0 unspecified atom stereocenters. The molecule has 0 spiro atoms. The summed E-state index contributed by atoms with van der Waals surface area (Å²) in [4.78, 5) is 42.6. The molecule has 37 heavy (non-hydrogen) atoms. The highest BCUT2D eigenvalue weighted by molar-refractivity contribution is 6.02. The van der Waals surface area contributed by atoms with E-state index in [2.05, 4.69) is 15.4 Å². The predicted molar refractivity (Wildman–Crippen MR) is 137 cm³/mol. The Morgan fingerprint density at radius 3 is 2.49 bits per heavy atom. The highest BCUT2D eigenvalue weighted by Crippen LogP contribution is 2.28. The van der Waals surface area contributed by atoms with Gasteiger partial charge in [-0.25, -0.2) is 14.3 Å². The minimum Gasteiger partial charge on any atom is -0.458 e. The molecule has 1 fully saturated rings. The molecule has 10 nitrogen and oxygen atoms in total. The number of esters is 1. The van der Waals surface area contributed by atoms with E-state index in [9.17, 15) is 14.4 Å². The van der Waals surface area contributed by atoms with Crippen LogP contribution in [0.2, 0.25) is 0 Å². The number of benzene rings is 1. The van der Waals surface area contributed by atoms with Crippen molar-refractivity contribution >= 4 is 23.5 Å². The third-order valence-corrected chi connectivity index (χ3v) is 5.99. The maximum Gasteiger partial charge on any atom is 0.508 e. The van der Waals surface area contributed by atoms with Gasteiger partial charge in [0.05, 0.1) is 11.9 Å². The zero-order valence-corrected chi connectivity index (χ0v) is 20.7. The molecule has 1 aromatic carbocycles. The summed E-state index contributed by atoms with van der Waals surface area (Å²) in [5.74, 6) is -0.776. The molecule has 1 N–H and O–H groups in total. The van der Waals surface area contributed by atoms with Gasteiger partial charge in [0.25, 0.3) is 5.56 Å². The average molecular weight is 507 g/mol. The Hall–Kier alpha value is -4.21. The van der Waals surface area contributed by atoms with Crippen LogP contribution in [0.4, 0.5) is 16.2 Å². The van der Waals surface area contributed by atoms with Gasteiger partial charge >= 0.3 is 12.1 Å². The first-order chi connectivity index (χ1) is 18.1. The van der Waals surface area contributed by atoms with Gasteiger partial charge in [0.2, 0.25) is 0 Å². The van der Waals surface area contributed by atoms with Crippen LogP contribution in [0.5, 0.6) is 0 Å². The fraction of sp³-hybridized carbons (Fsp3) is 0.370. The lowest BCUT2D eigenvalue weighted by Gasteiger charge is -2.21. The SMILES string of the molecule is CCn1nc(-c2ccccc2)c(C(=O)OCCOC(=O)OC2CCCCC2)c(Nc2cccnc2)c1=O. The monoisotopic (exact) mass is 506 g/mol. The minimum atomic E-state index is -0.779. The molecule has 0 aliphatic heterocycles. The summed E-state index contributed by atoms with van der Waals surface area (Å²) < 4.78 is 17.1. The van der Waals surface area contributed by atoms with E-state index in [-0.39, 0.29) is 36.3 Å². The Morgan fingerprint density at radius 1 is 1.03 bits per heavy atom. The fourth-order valence-electron chi connectivity index (χ4n) is 4.16. The van der Waals surface area contributed by atoms with Crippen molar-refractivity contribution in [1.29, 1.82) is 0 Å². The number of pyridine rings is 1. The van der Waals surface area contributed by atoms with Crippen LogP contribution in [0.1, 0.15) is 49.4 Å². The molecule has 0 bridgehead atoms. The van der Waals surface area contributed by atoms with E-state index in [1.807, 2.05) is 18.2 Å². The number of aryl methyl sites for hydroxylation is 1. The first kappa shape index (κ1) is 25.9. The second-order valence-electron chi connectivity index (χ2n) is 8.56. The van der Waals surface area contributed by atoms with Crippen molar-refractivity contribution in [2.75, 3.05) is 18.5 Å². The van der Waals surface area contributed by atoms with Gasteiger partial charge in [0.15, 0.2) is 0 Å². The maximum absolute atomic E-state index is 13.3. The van der Waals surface area contributed by atoms with Crippen LogP contribution < -0.4 is 10.9 Å². The molecule has 3 aromatic rings. The van der Waals surface area contributed by atoms with Crippen molar-refractivity contribution in [1.82, 2.24) is 14.8 Å². The van der Waals surface area contributed by atoms with Crippen molar-refractivity contribution in [3.05, 3.63) is 70.8 Å². The Morgan fingerprint density at radius 2 is 1.78 bits per heavy atom. The van der Waals surface area contributed by atoms with E-state index in [1.54, 1.807) is 43.6 Å². The van der Waals surface area contributed by atoms with E-state index in [0.717, 1.165) is 32.1 Å². The Balaban J connectivity index is 1.55. The van der Waals surface area contributed by atoms with Gasteiger partial charge < -0.3 is 19.5 Å². The van der Waals surface area contributed by atoms with Crippen molar-refractivity contribution in [3.63, 3.8) is 0 Å². The summed E-state index contributed by atoms with van der Waals surface area (Å²) in [5.41, 5.74) is 0.968. The van der Waals surface area contributed by atoms with Crippen molar-refractivity contribution in [3.8, 4) is 11.3 Å². The van der Waals surface area contributed by atoms with Gasteiger partial charge in [-0.15, -0.1) is 0 Å². The molecule has 0 saturated heterocycles. The molecular weight excluding hydrogens is 476 g/mol. The number of hydrogen-bond acceptors (Lipinski definition) is 9. The highest BCUT2D eigenvalue weighted by Gasteiger charge is 2.26. The van der Waals surface area contributed by atoms with Gasteiger partial charge in [-0.05, 0) is 44.7 Å². The lowest BCUT2D eigenvalue weighted by atomic mass is 9.98. The Bertz CT molecular complexity index is 1260. The number of rotatable bonds is 9. The smallest absolute Gasteiger partial charge is 0.458 e. The predicted octanol–water partition coefficient (Wildman–Crippen LogP) is 4.71. The number of nitrogens with zero attached hydrogens (tertiary/aromatic N) is 3. The molecule has 1 saturated carbocycles. The molecule has 0 amide bonds. The average Bonchev–Trinajstić information content (AvgIpc) is 2.93. The normalized spacial score (nSPS) is 13.5. The topological polar surface area (TPSA) is 122 Å². The first-order valence-corrected chi connectivity index (χ1v) is 12.4. The van der Waals surface area contributed by atoms with Gasteiger partial charge in [0, 0.05) is 18.3 Å². The minimum absolute atomic E-state index is 0.0189. The van der Waals surface area contributed by atoms with Crippen LogP contribution >= 0.6 is 0 Å². The highest BCUT2D eigenvalue weighted by atomic mass is 16.7. The number of hydrogen-bond donors (Lipinski definition) is 1. The molecule has 0 atom stereocenters. The molecular formula is C27H30N4O6. The third kappa shape index (κ3) is 6.72. The van der Waals surface area contributed by atoms with E-state index >= 15 is 0 Å². The molecule has 1 aliphatic carbocycles. The van der Waals surface area contributed by atoms with Crippen LogP contribution in [-0.2, 0) is 20.8 Å². The largest absolute Gasteiger partial charge is 0.508 e. The third-order valence-electron chi connectivity index (χ3n) is 5.99. The van der Waals surface area contributed by atoms with Gasteiger partial charge in [-0.1, -0.05) is 36.8 Å². The van der Waals surface area contributed by atoms with Crippen LogP contribution in [0.25, 0.3) is 11.3 Å². The Labute approximate surface area is 214 Å². The van der Waals surface area contributed by atoms with Crippen molar-refractivity contribution in [2.45, 2.75) is 51.7 Å². The number of ether oxygens (including phenoxy) is 3. The van der Waals surface area contributed by atoms with Crippen molar-refractivity contribution < 1.29 is 23.8 Å². The standard InChI is InChI=1S/C27H30N4O6/c1-2-31-25(32)24(29-20-12-9-15-28-18-20)22(23(30-31)19-10-5-3-6-11-19)26(33)35-16-17-36-27(34)37-21-13-7-4-8-14-21/h3,5-6,9-12,15,18,21,29H,2,4,7-8,13-14,16-17H2,1H3. The first-order valence-electron chi connectivity index (χ1n) is 12.4. The van der Waals surface area contributed by atoms with Crippen molar-refractivity contribution in [2.24, 2.45) is 0 Å². The second kappa shape index (κ2) is 12.7. The van der Waals surface area contributed by atoms with Crippen LogP contribution in [0, 0.1) is 0 Å². The lowest BCUT2D eigenvalue weighted by molar-refractivity contribution is -0.00180. The fourth-order valence-corrected chi connectivity index (χ4v) is 4.16. The summed E-state index contributed by atoms with van der Waals surface area (Å²) >= 11 is 0. The Kier molecular flexibility index (Phi) is 8.85. The molecule has 2 aromatic heterocycles. The lowest BCUT2D eigenvalue weighted by Crippen LogP contribution is -2.29. The number of nitrogens with one attached hydrogen (secondary N) is 1. The van der Waals surface area contributed by atoms with E-state index in [4.69, 9.17) is 14.2 Å². The van der Waals surface area contributed by atoms with Crippen LogP contribution in [0.3, 0.4) is 0 Å². The van der Waals surface area contributed by atoms with E-state index < -0.39 is 17.7 Å². The van der Waals surface area contributed by atoms with Gasteiger partial charge in [-0.2, -0.15) is 5.10 Å². The molecule has 0 radical (unpaired) electrons. The number of aromatic nitrogens is 3. The van der Waals surface area contributed by atoms with Gasteiger partial charge in [-0.3, -0.25) is 9.78 Å². The van der Waals surface area contributed by atoms with E-state index in [1.165, 1.54) is 4.68 Å². The molecule has 1 aliphatic rings. The summed E-state index contributed by atoms with van der Waals surface area (Å²) in [5, 5.41) is 7.47. The second-order valence-corrected chi connectivity index (χ2v) is 8.56. The summed E-state index contributed by atoms with van der Waals surface area (Å²) in [6, 6.07) is 12.5. The number of anilines is 2. The molecule has 10 heteroatoms. The number of carbonyl (C=O) groups is 2. The molecule has 194 valence electrons. The van der Waals surface area contributed by atoms with Gasteiger partial charge in [0.1, 0.15) is 36.3 Å². The summed E-state index contributed by atoms with van der Waals surface area (Å²) in [6.45, 7) is 1.70. The summed E-state index contributed by atoms with van der Waals surface area (Å²) in [6.07, 6.45) is 7.09. The zero-order valence-electron chi connectivity index (χ0n) is 20.7. The van der Waals surface area contributed by atoms with E-state index in [0.29, 0.717) is 17.8 Å². The van der Waals surface area contributed by atoms with Crippen LogP contribution in [-0.4, -0.2) is 46.2 Å². The number of carbonyl (C=O) groups excluding carboxylic acids is 2. The maximum atomic E-state index is 13.3.